The Morgan fingerprint density at radius 2 is 2.29 bits per heavy atom. The van der Waals surface area contributed by atoms with E-state index in [2.05, 4.69) is 20.3 Å². The minimum absolute atomic E-state index is 0.0933. The van der Waals surface area contributed by atoms with Gasteiger partial charge < -0.3 is 15.0 Å². The Labute approximate surface area is 122 Å². The summed E-state index contributed by atoms with van der Waals surface area (Å²) in [5.74, 6) is 0.429. The fraction of sp³-hybridized carbons (Fsp3) is 0.533. The van der Waals surface area contributed by atoms with Crippen molar-refractivity contribution < 1.29 is 9.53 Å². The van der Waals surface area contributed by atoms with Gasteiger partial charge in [0.2, 0.25) is 0 Å². The van der Waals surface area contributed by atoms with Gasteiger partial charge in [-0.3, -0.25) is 4.79 Å². The summed E-state index contributed by atoms with van der Waals surface area (Å²) >= 11 is 0. The first kappa shape index (κ1) is 12.8. The van der Waals surface area contributed by atoms with E-state index >= 15 is 0 Å². The minimum Gasteiger partial charge on any atom is -0.379 e. The van der Waals surface area contributed by atoms with Crippen LogP contribution < -0.4 is 5.32 Å². The summed E-state index contributed by atoms with van der Waals surface area (Å²) in [5, 5.41) is 3.03. The van der Waals surface area contributed by atoms with Crippen molar-refractivity contribution in [3.63, 3.8) is 0 Å². The molecule has 2 fully saturated rings. The fourth-order valence-electron chi connectivity index (χ4n) is 2.77. The highest BCUT2D eigenvalue weighted by Crippen LogP contribution is 2.39. The zero-order chi connectivity index (χ0) is 14.2. The molecule has 2 aliphatic rings. The number of carbonyl (C=O) groups excluding carboxylic acids is 1. The van der Waals surface area contributed by atoms with Crippen LogP contribution in [0.2, 0.25) is 0 Å². The van der Waals surface area contributed by atoms with Gasteiger partial charge in [0.25, 0.3) is 5.91 Å². The number of amides is 1. The van der Waals surface area contributed by atoms with Gasteiger partial charge in [-0.05, 0) is 25.7 Å². The molecule has 1 unspecified atom stereocenters. The molecule has 2 N–H and O–H groups in total. The first-order chi connectivity index (χ1) is 10.3. The number of ether oxygens (including phenoxy) is 1. The van der Waals surface area contributed by atoms with Crippen molar-refractivity contribution in [3.05, 3.63) is 23.7 Å². The summed E-state index contributed by atoms with van der Waals surface area (Å²) in [4.78, 5) is 24.5. The summed E-state index contributed by atoms with van der Waals surface area (Å²) in [6.07, 6.45) is 7.81. The second-order valence-corrected chi connectivity index (χ2v) is 5.86. The molecule has 2 aromatic heterocycles. The Bertz CT molecular complexity index is 671. The maximum Gasteiger partial charge on any atom is 0.255 e. The van der Waals surface area contributed by atoms with Crippen LogP contribution >= 0.6 is 0 Å². The SMILES string of the molecule is O=C(NC1CCCOC1)c1c[nH]c2ncc(C3CC3)nc12. The number of rotatable bonds is 3. The van der Waals surface area contributed by atoms with Gasteiger partial charge in [-0.15, -0.1) is 0 Å². The highest BCUT2D eigenvalue weighted by Gasteiger charge is 2.27. The van der Waals surface area contributed by atoms with E-state index in [0.29, 0.717) is 29.3 Å². The highest BCUT2D eigenvalue weighted by molar-refractivity contribution is 6.04. The molecule has 6 heteroatoms. The van der Waals surface area contributed by atoms with E-state index in [9.17, 15) is 4.79 Å². The molecule has 0 aromatic carbocycles. The van der Waals surface area contributed by atoms with Crippen molar-refractivity contribution in [2.75, 3.05) is 13.2 Å². The third-order valence-electron chi connectivity index (χ3n) is 4.14. The zero-order valence-corrected chi connectivity index (χ0v) is 11.8. The van der Waals surface area contributed by atoms with Gasteiger partial charge in [-0.25, -0.2) is 9.97 Å². The van der Waals surface area contributed by atoms with Crippen LogP contribution in [0.25, 0.3) is 11.2 Å². The van der Waals surface area contributed by atoms with Crippen LogP contribution in [0, 0.1) is 0 Å². The molecular weight excluding hydrogens is 268 g/mol. The molecule has 2 aromatic rings. The third-order valence-corrected chi connectivity index (χ3v) is 4.14. The van der Waals surface area contributed by atoms with E-state index in [1.165, 1.54) is 12.8 Å². The minimum atomic E-state index is -0.0982. The molecule has 6 nitrogen and oxygen atoms in total. The standard InChI is InChI=1S/C15H18N4O2/c20-15(18-10-2-1-5-21-8-10)11-6-16-14-13(11)19-12(7-17-14)9-3-4-9/h6-7,9-10H,1-5,8H2,(H,16,17)(H,18,20). The monoisotopic (exact) mass is 286 g/mol. The molecule has 4 rings (SSSR count). The average Bonchev–Trinajstić information content (AvgIpc) is 3.27. The lowest BCUT2D eigenvalue weighted by Gasteiger charge is -2.22. The van der Waals surface area contributed by atoms with Crippen LogP contribution in [0.4, 0.5) is 0 Å². The van der Waals surface area contributed by atoms with Crippen molar-refractivity contribution >= 4 is 17.1 Å². The number of aromatic amines is 1. The summed E-state index contributed by atoms with van der Waals surface area (Å²) in [5.41, 5.74) is 2.92. The van der Waals surface area contributed by atoms with E-state index in [1.54, 1.807) is 6.20 Å². The van der Waals surface area contributed by atoms with Gasteiger partial charge in [0.05, 0.1) is 30.1 Å². The molecule has 110 valence electrons. The number of nitrogens with zero attached hydrogens (tertiary/aromatic N) is 2. The van der Waals surface area contributed by atoms with E-state index < -0.39 is 0 Å². The van der Waals surface area contributed by atoms with Gasteiger partial charge in [0, 0.05) is 18.7 Å². The Morgan fingerprint density at radius 3 is 3.05 bits per heavy atom. The van der Waals surface area contributed by atoms with Crippen LogP contribution in [0.1, 0.15) is 47.7 Å². The lowest BCUT2D eigenvalue weighted by molar-refractivity contribution is 0.0625. The van der Waals surface area contributed by atoms with Crippen molar-refractivity contribution in [1.82, 2.24) is 20.3 Å². The van der Waals surface area contributed by atoms with E-state index in [0.717, 1.165) is 25.1 Å². The molecule has 1 aliphatic carbocycles. The Kier molecular flexibility index (Phi) is 3.11. The predicted molar refractivity (Wildman–Crippen MR) is 77.2 cm³/mol. The van der Waals surface area contributed by atoms with Crippen LogP contribution in [0.3, 0.4) is 0 Å². The molecular formula is C15H18N4O2. The van der Waals surface area contributed by atoms with Gasteiger partial charge in [0.15, 0.2) is 5.65 Å². The molecule has 1 aliphatic heterocycles. The molecule has 0 spiro atoms. The summed E-state index contributed by atoms with van der Waals surface area (Å²) in [7, 11) is 0. The second-order valence-electron chi connectivity index (χ2n) is 5.86. The quantitative estimate of drug-likeness (QED) is 0.900. The van der Waals surface area contributed by atoms with Crippen molar-refractivity contribution in [3.8, 4) is 0 Å². The Balaban J connectivity index is 1.59. The van der Waals surface area contributed by atoms with Gasteiger partial charge in [-0.2, -0.15) is 0 Å². The van der Waals surface area contributed by atoms with Gasteiger partial charge in [0.1, 0.15) is 5.52 Å². The lowest BCUT2D eigenvalue weighted by Crippen LogP contribution is -2.40. The van der Waals surface area contributed by atoms with Crippen LogP contribution in [0.5, 0.6) is 0 Å². The number of aromatic nitrogens is 3. The van der Waals surface area contributed by atoms with Crippen LogP contribution in [0.15, 0.2) is 12.4 Å². The van der Waals surface area contributed by atoms with Crippen LogP contribution in [-0.4, -0.2) is 40.1 Å². The molecule has 0 radical (unpaired) electrons. The highest BCUT2D eigenvalue weighted by atomic mass is 16.5. The molecule has 21 heavy (non-hydrogen) atoms. The first-order valence-corrected chi connectivity index (χ1v) is 7.54. The summed E-state index contributed by atoms with van der Waals surface area (Å²) in [6.45, 7) is 1.38. The first-order valence-electron chi connectivity index (χ1n) is 7.54. The number of nitrogens with one attached hydrogen (secondary N) is 2. The fourth-order valence-corrected chi connectivity index (χ4v) is 2.77. The van der Waals surface area contributed by atoms with E-state index in [4.69, 9.17) is 4.74 Å². The largest absolute Gasteiger partial charge is 0.379 e. The average molecular weight is 286 g/mol. The number of hydrogen-bond donors (Lipinski definition) is 2. The van der Waals surface area contributed by atoms with Crippen molar-refractivity contribution in [1.29, 1.82) is 0 Å². The van der Waals surface area contributed by atoms with E-state index in [-0.39, 0.29) is 11.9 Å². The Morgan fingerprint density at radius 1 is 1.38 bits per heavy atom. The number of H-pyrrole nitrogens is 1. The normalized spacial score (nSPS) is 22.4. The number of carbonyl (C=O) groups is 1. The molecule has 1 saturated carbocycles. The van der Waals surface area contributed by atoms with Crippen molar-refractivity contribution in [2.45, 2.75) is 37.6 Å². The molecule has 1 atom stereocenters. The van der Waals surface area contributed by atoms with Gasteiger partial charge >= 0.3 is 0 Å². The number of fused-ring (bicyclic) bond motifs is 1. The second kappa shape index (κ2) is 5.11. The van der Waals surface area contributed by atoms with Crippen LogP contribution in [-0.2, 0) is 4.74 Å². The molecule has 0 bridgehead atoms. The molecule has 1 saturated heterocycles. The maximum atomic E-state index is 12.4. The summed E-state index contributed by atoms with van der Waals surface area (Å²) in [6, 6.07) is 0.0933. The van der Waals surface area contributed by atoms with E-state index in [1.807, 2.05) is 6.20 Å². The topological polar surface area (TPSA) is 79.9 Å². The molecule has 1 amide bonds. The van der Waals surface area contributed by atoms with Crippen molar-refractivity contribution in [2.24, 2.45) is 0 Å². The smallest absolute Gasteiger partial charge is 0.255 e. The van der Waals surface area contributed by atoms with Gasteiger partial charge in [-0.1, -0.05) is 0 Å². The lowest BCUT2D eigenvalue weighted by atomic mass is 10.1. The summed E-state index contributed by atoms with van der Waals surface area (Å²) < 4.78 is 5.40. The predicted octanol–water partition coefficient (Wildman–Crippen LogP) is 1.74. The third kappa shape index (κ3) is 2.51. The Hall–Kier alpha value is -1.95. The molecule has 3 heterocycles. The zero-order valence-electron chi connectivity index (χ0n) is 11.8. The maximum absolute atomic E-state index is 12.4. The number of hydrogen-bond acceptors (Lipinski definition) is 4.